The lowest BCUT2D eigenvalue weighted by Gasteiger charge is -2.07. The molecule has 2 aromatic heterocycles. The molecule has 9 heteroatoms. The third-order valence-corrected chi connectivity index (χ3v) is 4.05. The zero-order valence-electron chi connectivity index (χ0n) is 14.0. The van der Waals surface area contributed by atoms with E-state index in [0.717, 1.165) is 11.3 Å². The van der Waals surface area contributed by atoms with Gasteiger partial charge in [-0.15, -0.1) is 0 Å². The SMILES string of the molecule is O=c1[nH]c(NCc2ccc([N+](=O)[O-])cc2)nc2c1cnn2-c1ccccc1. The number of hydrogen-bond donors (Lipinski definition) is 2. The molecule has 9 nitrogen and oxygen atoms in total. The van der Waals surface area contributed by atoms with Crippen LogP contribution in [0.15, 0.2) is 65.6 Å². The second-order valence-electron chi connectivity index (χ2n) is 5.82. The van der Waals surface area contributed by atoms with Crippen LogP contribution in [0.1, 0.15) is 5.56 Å². The predicted molar refractivity (Wildman–Crippen MR) is 99.9 cm³/mol. The Morgan fingerprint density at radius 1 is 1.11 bits per heavy atom. The van der Waals surface area contributed by atoms with Crippen LogP contribution in [-0.4, -0.2) is 24.7 Å². The lowest BCUT2D eigenvalue weighted by Crippen LogP contribution is -2.13. The van der Waals surface area contributed by atoms with E-state index in [4.69, 9.17) is 0 Å². The summed E-state index contributed by atoms with van der Waals surface area (Å²) in [6, 6.07) is 15.6. The number of hydrogen-bond acceptors (Lipinski definition) is 6. The average Bonchev–Trinajstić information content (AvgIpc) is 3.12. The van der Waals surface area contributed by atoms with Gasteiger partial charge in [0.1, 0.15) is 5.39 Å². The minimum atomic E-state index is -0.449. The topological polar surface area (TPSA) is 119 Å². The number of aromatic amines is 1. The van der Waals surface area contributed by atoms with Gasteiger partial charge in [0.2, 0.25) is 5.95 Å². The van der Waals surface area contributed by atoms with Crippen LogP contribution in [0.3, 0.4) is 0 Å². The summed E-state index contributed by atoms with van der Waals surface area (Å²) in [4.78, 5) is 29.7. The van der Waals surface area contributed by atoms with Gasteiger partial charge in [-0.3, -0.25) is 19.9 Å². The predicted octanol–water partition coefficient (Wildman–Crippen LogP) is 2.63. The maximum Gasteiger partial charge on any atom is 0.269 e. The molecule has 2 N–H and O–H groups in total. The van der Waals surface area contributed by atoms with Crippen LogP contribution < -0.4 is 10.9 Å². The summed E-state index contributed by atoms with van der Waals surface area (Å²) in [5.41, 5.74) is 1.79. The van der Waals surface area contributed by atoms with Crippen LogP contribution in [0.4, 0.5) is 11.6 Å². The third-order valence-electron chi connectivity index (χ3n) is 4.05. The van der Waals surface area contributed by atoms with E-state index in [1.807, 2.05) is 30.3 Å². The van der Waals surface area contributed by atoms with E-state index in [9.17, 15) is 14.9 Å². The highest BCUT2D eigenvalue weighted by Crippen LogP contribution is 2.16. The number of non-ortho nitro benzene ring substituents is 1. The van der Waals surface area contributed by atoms with Crippen molar-refractivity contribution in [2.75, 3.05) is 5.32 Å². The van der Waals surface area contributed by atoms with Gasteiger partial charge in [0.05, 0.1) is 16.8 Å². The molecule has 27 heavy (non-hydrogen) atoms. The lowest BCUT2D eigenvalue weighted by atomic mass is 10.2. The smallest absolute Gasteiger partial charge is 0.269 e. The first-order chi connectivity index (χ1) is 13.1. The van der Waals surface area contributed by atoms with Crippen LogP contribution in [0.2, 0.25) is 0 Å². The Bertz CT molecular complexity index is 1170. The Hall–Kier alpha value is -4.01. The van der Waals surface area contributed by atoms with Gasteiger partial charge in [-0.25, -0.2) is 4.68 Å². The maximum absolute atomic E-state index is 12.3. The van der Waals surface area contributed by atoms with Gasteiger partial charge >= 0.3 is 0 Å². The van der Waals surface area contributed by atoms with Crippen LogP contribution in [-0.2, 0) is 6.54 Å². The van der Waals surface area contributed by atoms with Crippen molar-refractivity contribution in [3.63, 3.8) is 0 Å². The molecule has 0 radical (unpaired) electrons. The van der Waals surface area contributed by atoms with Crippen LogP contribution in [0.25, 0.3) is 16.7 Å². The highest BCUT2D eigenvalue weighted by atomic mass is 16.6. The normalized spacial score (nSPS) is 10.8. The number of anilines is 1. The summed E-state index contributed by atoms with van der Waals surface area (Å²) < 4.78 is 1.60. The third kappa shape index (κ3) is 3.25. The molecule has 4 rings (SSSR count). The second-order valence-corrected chi connectivity index (χ2v) is 5.82. The number of benzene rings is 2. The zero-order chi connectivity index (χ0) is 18.8. The van der Waals surface area contributed by atoms with Crippen molar-refractivity contribution in [3.05, 3.63) is 86.8 Å². The monoisotopic (exact) mass is 362 g/mol. The van der Waals surface area contributed by atoms with E-state index >= 15 is 0 Å². The molecule has 4 aromatic rings. The van der Waals surface area contributed by atoms with Crippen molar-refractivity contribution in [2.24, 2.45) is 0 Å². The molecule has 0 aliphatic heterocycles. The molecule has 0 bridgehead atoms. The number of aromatic nitrogens is 4. The number of fused-ring (bicyclic) bond motifs is 1. The Balaban J connectivity index is 1.62. The molecule has 0 amide bonds. The quantitative estimate of drug-likeness (QED) is 0.416. The molecule has 0 saturated carbocycles. The second kappa shape index (κ2) is 6.71. The number of nitrogens with one attached hydrogen (secondary N) is 2. The molecule has 0 unspecified atom stereocenters. The zero-order valence-corrected chi connectivity index (χ0v) is 14.0. The highest BCUT2D eigenvalue weighted by molar-refractivity contribution is 5.76. The molecule has 0 atom stereocenters. The summed E-state index contributed by atoms with van der Waals surface area (Å²) in [6.07, 6.45) is 1.48. The van der Waals surface area contributed by atoms with Crippen LogP contribution >= 0.6 is 0 Å². The number of nitro groups is 1. The molecule has 0 aliphatic rings. The molecular formula is C18H14N6O3. The molecule has 0 spiro atoms. The minimum absolute atomic E-state index is 0.0264. The first-order valence-corrected chi connectivity index (χ1v) is 8.12. The highest BCUT2D eigenvalue weighted by Gasteiger charge is 2.11. The Morgan fingerprint density at radius 2 is 1.85 bits per heavy atom. The lowest BCUT2D eigenvalue weighted by molar-refractivity contribution is -0.384. The van der Waals surface area contributed by atoms with E-state index in [2.05, 4.69) is 20.4 Å². The van der Waals surface area contributed by atoms with Crippen molar-refractivity contribution in [2.45, 2.75) is 6.54 Å². The van der Waals surface area contributed by atoms with E-state index in [1.165, 1.54) is 18.3 Å². The van der Waals surface area contributed by atoms with Gasteiger partial charge in [0, 0.05) is 18.7 Å². The molecule has 0 fully saturated rings. The van der Waals surface area contributed by atoms with Gasteiger partial charge in [-0.1, -0.05) is 30.3 Å². The number of H-pyrrole nitrogens is 1. The molecule has 0 saturated heterocycles. The summed E-state index contributed by atoms with van der Waals surface area (Å²) in [6.45, 7) is 0.353. The van der Waals surface area contributed by atoms with Gasteiger partial charge in [-0.2, -0.15) is 10.1 Å². The molecule has 2 aromatic carbocycles. The van der Waals surface area contributed by atoms with E-state index in [-0.39, 0.29) is 11.2 Å². The summed E-state index contributed by atoms with van der Waals surface area (Å²) in [5, 5.41) is 18.4. The number of para-hydroxylation sites is 1. The Morgan fingerprint density at radius 3 is 2.56 bits per heavy atom. The van der Waals surface area contributed by atoms with Gasteiger partial charge in [0.25, 0.3) is 11.2 Å². The number of rotatable bonds is 5. The van der Waals surface area contributed by atoms with Crippen molar-refractivity contribution in [3.8, 4) is 5.69 Å². The van der Waals surface area contributed by atoms with E-state index in [1.54, 1.807) is 16.8 Å². The Labute approximate surface area is 152 Å². The van der Waals surface area contributed by atoms with Gasteiger partial charge in [0.15, 0.2) is 5.65 Å². The minimum Gasteiger partial charge on any atom is -0.352 e. The average molecular weight is 362 g/mol. The van der Waals surface area contributed by atoms with Crippen LogP contribution in [0, 0.1) is 10.1 Å². The van der Waals surface area contributed by atoms with Crippen molar-refractivity contribution in [1.29, 1.82) is 0 Å². The van der Waals surface area contributed by atoms with Gasteiger partial charge < -0.3 is 5.32 Å². The summed E-state index contributed by atoms with van der Waals surface area (Å²) in [7, 11) is 0. The number of nitrogens with zero attached hydrogens (tertiary/aromatic N) is 4. The number of nitro benzene ring substituents is 1. The molecule has 134 valence electrons. The van der Waals surface area contributed by atoms with Crippen molar-refractivity contribution < 1.29 is 4.92 Å². The fourth-order valence-corrected chi connectivity index (χ4v) is 2.68. The Kier molecular flexibility index (Phi) is 4.09. The summed E-state index contributed by atoms with van der Waals surface area (Å²) >= 11 is 0. The molecule has 0 aliphatic carbocycles. The first-order valence-electron chi connectivity index (χ1n) is 8.12. The standard InChI is InChI=1S/C18H14N6O3/c25-17-15-11-20-23(13-4-2-1-3-5-13)16(15)21-18(22-17)19-10-12-6-8-14(9-7-12)24(26)27/h1-9,11H,10H2,(H2,19,21,22,25). The van der Waals surface area contributed by atoms with Crippen LogP contribution in [0.5, 0.6) is 0 Å². The van der Waals surface area contributed by atoms with E-state index in [0.29, 0.717) is 23.5 Å². The van der Waals surface area contributed by atoms with Crippen molar-refractivity contribution in [1.82, 2.24) is 19.7 Å². The largest absolute Gasteiger partial charge is 0.352 e. The molecular weight excluding hydrogens is 348 g/mol. The fourth-order valence-electron chi connectivity index (χ4n) is 2.68. The fraction of sp³-hybridized carbons (Fsp3) is 0.0556. The maximum atomic E-state index is 12.3. The first kappa shape index (κ1) is 16.5. The molecule has 2 heterocycles. The van der Waals surface area contributed by atoms with E-state index < -0.39 is 4.92 Å². The van der Waals surface area contributed by atoms with Crippen molar-refractivity contribution >= 4 is 22.7 Å². The summed E-state index contributed by atoms with van der Waals surface area (Å²) in [5.74, 6) is 0.295. The van der Waals surface area contributed by atoms with Gasteiger partial charge in [-0.05, 0) is 17.7 Å².